The molecule has 0 saturated heterocycles. The highest BCUT2D eigenvalue weighted by Gasteiger charge is 2.23. The standard InChI is InChI=1S/C14H14N2O3/c17-13(18)7-12-10-3-1-2-4-11(10)14(19)16(15-12)8-9-5-6-9/h1-4,9H,5-8H2,(H,17,18). The third-order valence-corrected chi connectivity index (χ3v) is 3.39. The second-order valence-corrected chi connectivity index (χ2v) is 4.99. The van der Waals surface area contributed by atoms with E-state index in [1.165, 1.54) is 4.68 Å². The molecule has 0 amide bonds. The number of hydrogen-bond acceptors (Lipinski definition) is 3. The molecule has 0 unspecified atom stereocenters. The smallest absolute Gasteiger partial charge is 0.309 e. The lowest BCUT2D eigenvalue weighted by molar-refractivity contribution is -0.136. The molecule has 98 valence electrons. The number of aliphatic carboxylic acids is 1. The minimum atomic E-state index is -0.936. The van der Waals surface area contributed by atoms with Crippen molar-refractivity contribution in [2.24, 2.45) is 5.92 Å². The van der Waals surface area contributed by atoms with Gasteiger partial charge < -0.3 is 5.11 Å². The second kappa shape index (κ2) is 4.50. The first kappa shape index (κ1) is 11.9. The van der Waals surface area contributed by atoms with Gasteiger partial charge in [-0.1, -0.05) is 18.2 Å². The molecule has 1 aliphatic carbocycles. The van der Waals surface area contributed by atoms with Gasteiger partial charge in [-0.15, -0.1) is 0 Å². The highest BCUT2D eigenvalue weighted by molar-refractivity contribution is 5.86. The fourth-order valence-corrected chi connectivity index (χ4v) is 2.25. The lowest BCUT2D eigenvalue weighted by Gasteiger charge is -2.09. The van der Waals surface area contributed by atoms with E-state index >= 15 is 0 Å². The van der Waals surface area contributed by atoms with Crippen LogP contribution in [0.2, 0.25) is 0 Å². The van der Waals surface area contributed by atoms with Gasteiger partial charge in [-0.25, -0.2) is 4.68 Å². The Kier molecular flexibility index (Phi) is 2.81. The monoisotopic (exact) mass is 258 g/mol. The summed E-state index contributed by atoms with van der Waals surface area (Å²) in [5.74, 6) is -0.418. The van der Waals surface area contributed by atoms with E-state index in [2.05, 4.69) is 5.10 Å². The predicted octanol–water partition coefficient (Wildman–Crippen LogP) is 1.43. The average molecular weight is 258 g/mol. The summed E-state index contributed by atoms with van der Waals surface area (Å²) < 4.78 is 1.43. The van der Waals surface area contributed by atoms with Gasteiger partial charge in [0.1, 0.15) is 0 Å². The number of benzene rings is 1. The predicted molar refractivity (Wildman–Crippen MR) is 70.1 cm³/mol. The zero-order valence-electron chi connectivity index (χ0n) is 10.4. The molecule has 0 bridgehead atoms. The molecule has 0 atom stereocenters. The second-order valence-electron chi connectivity index (χ2n) is 4.99. The van der Waals surface area contributed by atoms with E-state index in [9.17, 15) is 9.59 Å². The van der Waals surface area contributed by atoms with Crippen LogP contribution in [-0.4, -0.2) is 20.9 Å². The maximum absolute atomic E-state index is 12.3. The normalized spacial score (nSPS) is 14.7. The Labute approximate surface area is 109 Å². The largest absolute Gasteiger partial charge is 0.481 e. The first-order chi connectivity index (χ1) is 9.15. The third-order valence-electron chi connectivity index (χ3n) is 3.39. The molecule has 0 aliphatic heterocycles. The van der Waals surface area contributed by atoms with E-state index in [1.807, 2.05) is 0 Å². The van der Waals surface area contributed by atoms with Crippen molar-refractivity contribution in [2.75, 3.05) is 0 Å². The van der Waals surface area contributed by atoms with Crippen LogP contribution < -0.4 is 5.56 Å². The van der Waals surface area contributed by atoms with Crippen LogP contribution in [0.5, 0.6) is 0 Å². The quantitative estimate of drug-likeness (QED) is 0.900. The molecule has 5 heteroatoms. The van der Waals surface area contributed by atoms with Gasteiger partial charge in [-0.2, -0.15) is 5.10 Å². The Hall–Kier alpha value is -2.17. The lowest BCUT2D eigenvalue weighted by Crippen LogP contribution is -2.26. The highest BCUT2D eigenvalue weighted by Crippen LogP contribution is 2.30. The van der Waals surface area contributed by atoms with Crippen LogP contribution in [0.15, 0.2) is 29.1 Å². The summed E-state index contributed by atoms with van der Waals surface area (Å²) in [4.78, 5) is 23.2. The summed E-state index contributed by atoms with van der Waals surface area (Å²) >= 11 is 0. The summed E-state index contributed by atoms with van der Waals surface area (Å²) in [7, 11) is 0. The van der Waals surface area contributed by atoms with Gasteiger partial charge in [-0.3, -0.25) is 9.59 Å². The molecule has 3 rings (SSSR count). The zero-order chi connectivity index (χ0) is 13.4. The van der Waals surface area contributed by atoms with Crippen LogP contribution in [0.25, 0.3) is 10.8 Å². The molecule has 1 heterocycles. The maximum Gasteiger partial charge on any atom is 0.309 e. The van der Waals surface area contributed by atoms with E-state index in [4.69, 9.17) is 5.11 Å². The van der Waals surface area contributed by atoms with E-state index in [1.54, 1.807) is 24.3 Å². The van der Waals surface area contributed by atoms with Gasteiger partial charge in [0, 0.05) is 11.9 Å². The first-order valence-corrected chi connectivity index (χ1v) is 6.35. The molecule has 0 spiro atoms. The van der Waals surface area contributed by atoms with Crippen LogP contribution in [-0.2, 0) is 17.8 Å². The van der Waals surface area contributed by atoms with Crippen molar-refractivity contribution in [1.29, 1.82) is 0 Å². The molecule has 1 aromatic carbocycles. The zero-order valence-corrected chi connectivity index (χ0v) is 10.4. The van der Waals surface area contributed by atoms with Crippen LogP contribution in [0.1, 0.15) is 18.5 Å². The molecule has 1 fully saturated rings. The number of carbonyl (C=O) groups is 1. The van der Waals surface area contributed by atoms with Crippen molar-refractivity contribution in [3.8, 4) is 0 Å². The highest BCUT2D eigenvalue weighted by atomic mass is 16.4. The fourth-order valence-electron chi connectivity index (χ4n) is 2.25. The molecule has 1 aliphatic rings. The van der Waals surface area contributed by atoms with Gasteiger partial charge in [0.15, 0.2) is 0 Å². The maximum atomic E-state index is 12.3. The number of fused-ring (bicyclic) bond motifs is 1. The van der Waals surface area contributed by atoms with Gasteiger partial charge >= 0.3 is 5.97 Å². The molecule has 5 nitrogen and oxygen atoms in total. The number of nitrogens with zero attached hydrogens (tertiary/aromatic N) is 2. The number of hydrogen-bond donors (Lipinski definition) is 1. The van der Waals surface area contributed by atoms with Gasteiger partial charge in [0.25, 0.3) is 5.56 Å². The van der Waals surface area contributed by atoms with Crippen molar-refractivity contribution in [3.63, 3.8) is 0 Å². The van der Waals surface area contributed by atoms with Crippen LogP contribution in [0, 0.1) is 5.92 Å². The minimum Gasteiger partial charge on any atom is -0.481 e. The van der Waals surface area contributed by atoms with E-state index < -0.39 is 5.97 Å². The summed E-state index contributed by atoms with van der Waals surface area (Å²) in [6.45, 7) is 0.594. The average Bonchev–Trinajstić information content (AvgIpc) is 3.18. The Morgan fingerprint density at radius 1 is 1.32 bits per heavy atom. The van der Waals surface area contributed by atoms with Crippen LogP contribution in [0.3, 0.4) is 0 Å². The number of carboxylic acid groups (broad SMARTS) is 1. The number of rotatable bonds is 4. The molecule has 0 radical (unpaired) electrons. The van der Waals surface area contributed by atoms with Gasteiger partial charge in [0.2, 0.25) is 0 Å². The van der Waals surface area contributed by atoms with Crippen LogP contribution >= 0.6 is 0 Å². The van der Waals surface area contributed by atoms with Gasteiger partial charge in [-0.05, 0) is 24.8 Å². The topological polar surface area (TPSA) is 72.2 Å². The number of carboxylic acids is 1. The molecular weight excluding hydrogens is 244 g/mol. The van der Waals surface area contributed by atoms with E-state index in [0.717, 1.165) is 12.8 Å². The summed E-state index contributed by atoms with van der Waals surface area (Å²) in [5.41, 5.74) is 0.333. The Morgan fingerprint density at radius 2 is 2.00 bits per heavy atom. The molecule has 2 aromatic rings. The van der Waals surface area contributed by atoms with Crippen molar-refractivity contribution < 1.29 is 9.90 Å². The number of aromatic nitrogens is 2. The molecule has 19 heavy (non-hydrogen) atoms. The van der Waals surface area contributed by atoms with Crippen molar-refractivity contribution in [3.05, 3.63) is 40.3 Å². The van der Waals surface area contributed by atoms with Crippen molar-refractivity contribution in [1.82, 2.24) is 9.78 Å². The first-order valence-electron chi connectivity index (χ1n) is 6.35. The van der Waals surface area contributed by atoms with Crippen molar-refractivity contribution >= 4 is 16.7 Å². The van der Waals surface area contributed by atoms with Crippen LogP contribution in [0.4, 0.5) is 0 Å². The molecule has 1 N–H and O–H groups in total. The lowest BCUT2D eigenvalue weighted by atomic mass is 10.1. The molecular formula is C14H14N2O3. The van der Waals surface area contributed by atoms with E-state index in [0.29, 0.717) is 28.9 Å². The Bertz CT molecular complexity index is 701. The SMILES string of the molecule is O=C(O)Cc1nn(CC2CC2)c(=O)c2ccccc12. The minimum absolute atomic E-state index is 0.128. The summed E-state index contributed by atoms with van der Waals surface area (Å²) in [5, 5.41) is 14.4. The molecule has 1 aromatic heterocycles. The summed E-state index contributed by atoms with van der Waals surface area (Å²) in [6.07, 6.45) is 2.08. The summed E-state index contributed by atoms with van der Waals surface area (Å²) in [6, 6.07) is 7.06. The Balaban J connectivity index is 2.18. The van der Waals surface area contributed by atoms with Crippen molar-refractivity contribution in [2.45, 2.75) is 25.8 Å². The fraction of sp³-hybridized carbons (Fsp3) is 0.357. The van der Waals surface area contributed by atoms with E-state index in [-0.39, 0.29) is 12.0 Å². The molecule has 1 saturated carbocycles. The Morgan fingerprint density at radius 3 is 2.63 bits per heavy atom. The van der Waals surface area contributed by atoms with Gasteiger partial charge in [0.05, 0.1) is 17.5 Å². The third kappa shape index (κ3) is 2.36.